The van der Waals surface area contributed by atoms with Crippen LogP contribution in [0.5, 0.6) is 0 Å². The first-order valence-corrected chi connectivity index (χ1v) is 8.81. The van der Waals surface area contributed by atoms with Crippen molar-refractivity contribution in [3.8, 4) is 0 Å². The summed E-state index contributed by atoms with van der Waals surface area (Å²) in [4.78, 5) is 0.171. The van der Waals surface area contributed by atoms with Gasteiger partial charge in [-0.2, -0.15) is 0 Å². The van der Waals surface area contributed by atoms with Crippen molar-refractivity contribution in [2.24, 2.45) is 0 Å². The number of halogens is 1. The van der Waals surface area contributed by atoms with E-state index in [1.165, 1.54) is 4.31 Å². The van der Waals surface area contributed by atoms with E-state index in [0.717, 1.165) is 17.7 Å². The molecule has 0 aliphatic carbocycles. The molecule has 0 saturated carbocycles. The maximum absolute atomic E-state index is 12.9. The summed E-state index contributed by atoms with van der Waals surface area (Å²) in [6.07, 6.45) is 0.730. The second-order valence-corrected chi connectivity index (χ2v) is 7.39. The topological polar surface area (TPSA) is 62.6 Å². The van der Waals surface area contributed by atoms with Crippen molar-refractivity contribution in [3.63, 3.8) is 0 Å². The van der Waals surface area contributed by atoms with Crippen LogP contribution >= 0.6 is 15.9 Å². The van der Waals surface area contributed by atoms with Gasteiger partial charge in [-0.05, 0) is 41.0 Å². The van der Waals surface area contributed by atoms with Gasteiger partial charge in [-0.15, -0.1) is 0 Å². The number of rotatable bonds is 4. The molecule has 0 atom stereocenters. The van der Waals surface area contributed by atoms with E-state index in [0.29, 0.717) is 18.8 Å². The van der Waals surface area contributed by atoms with E-state index in [-0.39, 0.29) is 9.56 Å². The summed E-state index contributed by atoms with van der Waals surface area (Å²) in [5.74, 6) is 0.579. The smallest absolute Gasteiger partial charge is 0.268 e. The van der Waals surface area contributed by atoms with E-state index >= 15 is 0 Å². The SMILES string of the molecule is CNCc1cc(S(=O)(=O)N2CCc3ccccc32)c(Br)o1. The van der Waals surface area contributed by atoms with Gasteiger partial charge in [0.1, 0.15) is 10.7 Å². The van der Waals surface area contributed by atoms with Crippen LogP contribution in [0.15, 0.2) is 44.3 Å². The maximum atomic E-state index is 12.9. The predicted molar refractivity (Wildman–Crippen MR) is 83.8 cm³/mol. The number of nitrogens with one attached hydrogen (secondary N) is 1. The molecule has 1 N–H and O–H groups in total. The summed E-state index contributed by atoms with van der Waals surface area (Å²) >= 11 is 3.21. The monoisotopic (exact) mass is 370 g/mol. The molecule has 0 spiro atoms. The van der Waals surface area contributed by atoms with Gasteiger partial charge in [0.2, 0.25) is 0 Å². The molecular weight excluding hydrogens is 356 g/mol. The molecular formula is C14H15BrN2O3S. The van der Waals surface area contributed by atoms with E-state index in [2.05, 4.69) is 21.2 Å². The zero-order valence-corrected chi connectivity index (χ0v) is 13.9. The molecule has 2 aromatic rings. The Bertz CT molecular complexity index is 770. The van der Waals surface area contributed by atoms with E-state index in [1.807, 2.05) is 24.3 Å². The van der Waals surface area contributed by atoms with Gasteiger partial charge in [0.05, 0.1) is 12.2 Å². The van der Waals surface area contributed by atoms with Crippen LogP contribution in [-0.2, 0) is 23.0 Å². The number of benzene rings is 1. The molecule has 0 amide bonds. The van der Waals surface area contributed by atoms with Crippen molar-refractivity contribution in [2.45, 2.75) is 17.9 Å². The second-order valence-electron chi connectivity index (χ2n) is 4.84. The molecule has 2 heterocycles. The Labute approximate surface area is 132 Å². The van der Waals surface area contributed by atoms with Crippen molar-refractivity contribution in [3.05, 3.63) is 46.3 Å². The highest BCUT2D eigenvalue weighted by Gasteiger charge is 2.33. The first kappa shape index (κ1) is 14.6. The molecule has 5 nitrogen and oxygen atoms in total. The van der Waals surface area contributed by atoms with Crippen molar-refractivity contribution in [2.75, 3.05) is 17.9 Å². The van der Waals surface area contributed by atoms with Gasteiger partial charge < -0.3 is 9.73 Å². The number of furan rings is 1. The molecule has 1 aromatic heterocycles. The zero-order chi connectivity index (χ0) is 15.0. The summed E-state index contributed by atoms with van der Waals surface area (Å²) < 4.78 is 32.8. The van der Waals surface area contributed by atoms with Crippen molar-refractivity contribution in [1.29, 1.82) is 0 Å². The molecule has 0 fully saturated rings. The molecule has 0 unspecified atom stereocenters. The first-order chi connectivity index (χ1) is 10.0. The minimum Gasteiger partial charge on any atom is -0.451 e. The highest BCUT2D eigenvalue weighted by atomic mass is 79.9. The lowest BCUT2D eigenvalue weighted by Gasteiger charge is -2.18. The third-order valence-electron chi connectivity index (χ3n) is 3.47. The number of para-hydroxylation sites is 1. The summed E-state index contributed by atoms with van der Waals surface area (Å²) in [7, 11) is -1.84. The van der Waals surface area contributed by atoms with Gasteiger partial charge in [-0.1, -0.05) is 18.2 Å². The lowest BCUT2D eigenvalue weighted by atomic mass is 10.2. The normalized spacial score (nSPS) is 14.5. The van der Waals surface area contributed by atoms with Crippen LogP contribution in [0.1, 0.15) is 11.3 Å². The van der Waals surface area contributed by atoms with Crippen LogP contribution in [0.4, 0.5) is 5.69 Å². The molecule has 21 heavy (non-hydrogen) atoms. The number of sulfonamides is 1. The molecule has 1 aliphatic rings. The first-order valence-electron chi connectivity index (χ1n) is 6.57. The summed E-state index contributed by atoms with van der Waals surface area (Å²) in [5, 5.41) is 2.94. The fourth-order valence-electron chi connectivity index (χ4n) is 2.51. The van der Waals surface area contributed by atoms with Crippen LogP contribution in [0, 0.1) is 0 Å². The lowest BCUT2D eigenvalue weighted by Crippen LogP contribution is -2.29. The number of hydrogen-bond donors (Lipinski definition) is 1. The van der Waals surface area contributed by atoms with E-state index < -0.39 is 10.0 Å². The second kappa shape index (κ2) is 5.47. The number of nitrogens with zero attached hydrogens (tertiary/aromatic N) is 1. The number of fused-ring (bicyclic) bond motifs is 1. The highest BCUT2D eigenvalue weighted by Crippen LogP contribution is 2.36. The molecule has 1 aliphatic heterocycles. The Kier molecular flexibility index (Phi) is 3.81. The maximum Gasteiger partial charge on any atom is 0.268 e. The standard InChI is InChI=1S/C14H15BrN2O3S/c1-16-9-11-8-13(14(15)20-11)21(18,19)17-7-6-10-4-2-3-5-12(10)17/h2-5,8,16H,6-7,9H2,1H3. The van der Waals surface area contributed by atoms with Crippen LogP contribution in [-0.4, -0.2) is 22.0 Å². The largest absolute Gasteiger partial charge is 0.451 e. The molecule has 1 aromatic carbocycles. The van der Waals surface area contributed by atoms with Gasteiger partial charge >= 0.3 is 0 Å². The third kappa shape index (κ3) is 2.49. The lowest BCUT2D eigenvalue weighted by molar-refractivity contribution is 0.470. The van der Waals surface area contributed by atoms with Gasteiger partial charge in [0, 0.05) is 12.6 Å². The van der Waals surface area contributed by atoms with Gasteiger partial charge in [-0.25, -0.2) is 8.42 Å². The average molecular weight is 371 g/mol. The molecule has 0 radical (unpaired) electrons. The molecule has 112 valence electrons. The molecule has 3 rings (SSSR count). The number of anilines is 1. The van der Waals surface area contributed by atoms with Crippen molar-refractivity contribution in [1.82, 2.24) is 5.32 Å². The van der Waals surface area contributed by atoms with Crippen molar-refractivity contribution >= 4 is 31.6 Å². The highest BCUT2D eigenvalue weighted by molar-refractivity contribution is 9.10. The quantitative estimate of drug-likeness (QED) is 0.897. The summed E-state index contributed by atoms with van der Waals surface area (Å²) in [6, 6.07) is 9.14. The Morgan fingerprint density at radius 3 is 2.90 bits per heavy atom. The van der Waals surface area contributed by atoms with E-state index in [9.17, 15) is 8.42 Å². The molecule has 0 bridgehead atoms. The number of hydrogen-bond acceptors (Lipinski definition) is 4. The van der Waals surface area contributed by atoms with Gasteiger partial charge in [0.25, 0.3) is 10.0 Å². The van der Waals surface area contributed by atoms with Crippen LogP contribution in [0.25, 0.3) is 0 Å². The summed E-state index contributed by atoms with van der Waals surface area (Å²) in [6.45, 7) is 0.936. The van der Waals surface area contributed by atoms with Crippen LogP contribution in [0.3, 0.4) is 0 Å². The van der Waals surface area contributed by atoms with E-state index in [4.69, 9.17) is 4.42 Å². The zero-order valence-electron chi connectivity index (χ0n) is 11.5. The Balaban J connectivity index is 2.02. The minimum atomic E-state index is -3.62. The average Bonchev–Trinajstić information content (AvgIpc) is 3.03. The van der Waals surface area contributed by atoms with Gasteiger partial charge in [-0.3, -0.25) is 4.31 Å². The Hall–Kier alpha value is -1.31. The van der Waals surface area contributed by atoms with Crippen molar-refractivity contribution < 1.29 is 12.8 Å². The fraction of sp³-hybridized carbons (Fsp3) is 0.286. The summed E-state index contributed by atoms with van der Waals surface area (Å²) in [5.41, 5.74) is 1.80. The van der Waals surface area contributed by atoms with E-state index in [1.54, 1.807) is 13.1 Å². The Morgan fingerprint density at radius 1 is 1.38 bits per heavy atom. The Morgan fingerprint density at radius 2 is 2.14 bits per heavy atom. The third-order valence-corrected chi connectivity index (χ3v) is 6.14. The van der Waals surface area contributed by atoms with Crippen LogP contribution < -0.4 is 9.62 Å². The fourth-order valence-corrected chi connectivity index (χ4v) is 4.98. The molecule has 0 saturated heterocycles. The van der Waals surface area contributed by atoms with Gasteiger partial charge in [0.15, 0.2) is 4.67 Å². The minimum absolute atomic E-state index is 0.171. The van der Waals surface area contributed by atoms with Crippen LogP contribution in [0.2, 0.25) is 0 Å². The predicted octanol–water partition coefficient (Wildman–Crippen LogP) is 2.51. The molecule has 7 heteroatoms.